The van der Waals surface area contributed by atoms with Crippen LogP contribution in [0.5, 0.6) is 0 Å². The Kier molecular flexibility index (Phi) is 5.65. The quantitative estimate of drug-likeness (QED) is 0.208. The van der Waals surface area contributed by atoms with Crippen LogP contribution in [0.1, 0.15) is 5.56 Å². The lowest BCUT2D eigenvalue weighted by Crippen LogP contribution is -2.01. The molecule has 9 aromatic rings. The van der Waals surface area contributed by atoms with Crippen LogP contribution < -0.4 is 0 Å². The van der Waals surface area contributed by atoms with Crippen molar-refractivity contribution in [2.24, 2.45) is 0 Å². The Bertz CT molecular complexity index is 2470. The van der Waals surface area contributed by atoms with Crippen LogP contribution in [0.15, 0.2) is 144 Å². The third-order valence-electron chi connectivity index (χ3n) is 8.64. The fraction of sp³-hybridized carbons (Fsp3) is 0.0250. The van der Waals surface area contributed by atoms with Gasteiger partial charge in [0.2, 0.25) is 0 Å². The van der Waals surface area contributed by atoms with Crippen LogP contribution in [0.2, 0.25) is 0 Å². The second-order valence-electron chi connectivity index (χ2n) is 11.3. The maximum absolute atomic E-state index is 6.52. The van der Waals surface area contributed by atoms with E-state index < -0.39 is 0 Å². The third-order valence-corrected chi connectivity index (χ3v) is 8.64. The van der Waals surface area contributed by atoms with Crippen molar-refractivity contribution in [1.82, 2.24) is 19.5 Å². The number of nitrogens with zero attached hydrogens (tertiary/aromatic N) is 4. The lowest BCUT2D eigenvalue weighted by atomic mass is 10.0. The van der Waals surface area contributed by atoms with Crippen LogP contribution in [-0.4, -0.2) is 19.5 Å². The Morgan fingerprint density at radius 1 is 0.489 bits per heavy atom. The van der Waals surface area contributed by atoms with Crippen LogP contribution in [0, 0.1) is 6.92 Å². The fourth-order valence-corrected chi connectivity index (χ4v) is 6.53. The van der Waals surface area contributed by atoms with Gasteiger partial charge in [0.15, 0.2) is 17.5 Å². The lowest BCUT2D eigenvalue weighted by Gasteiger charge is -2.10. The average Bonchev–Trinajstić information content (AvgIpc) is 3.63. The predicted molar refractivity (Wildman–Crippen MR) is 182 cm³/mol. The molecule has 0 bridgehead atoms. The molecule has 0 N–H and O–H groups in total. The predicted octanol–water partition coefficient (Wildman–Crippen LogP) is 10.2. The van der Waals surface area contributed by atoms with Crippen molar-refractivity contribution in [1.29, 1.82) is 0 Å². The van der Waals surface area contributed by atoms with Crippen LogP contribution in [0.4, 0.5) is 0 Å². The maximum Gasteiger partial charge on any atom is 0.164 e. The minimum Gasteiger partial charge on any atom is -0.456 e. The molecule has 0 unspecified atom stereocenters. The molecule has 5 nitrogen and oxygen atoms in total. The number of aromatic nitrogens is 4. The van der Waals surface area contributed by atoms with E-state index >= 15 is 0 Å². The molecule has 0 aliphatic heterocycles. The summed E-state index contributed by atoms with van der Waals surface area (Å²) in [5, 5.41) is 4.49. The van der Waals surface area contributed by atoms with Crippen molar-refractivity contribution >= 4 is 43.7 Å². The van der Waals surface area contributed by atoms with Gasteiger partial charge in [-0.3, -0.25) is 0 Å². The van der Waals surface area contributed by atoms with Gasteiger partial charge in [0.05, 0.1) is 11.0 Å². The molecule has 45 heavy (non-hydrogen) atoms. The first kappa shape index (κ1) is 25.4. The van der Waals surface area contributed by atoms with E-state index in [1.165, 1.54) is 10.9 Å². The van der Waals surface area contributed by atoms with Crippen molar-refractivity contribution in [3.05, 3.63) is 145 Å². The van der Waals surface area contributed by atoms with E-state index in [0.29, 0.717) is 17.5 Å². The van der Waals surface area contributed by atoms with Gasteiger partial charge in [0.1, 0.15) is 11.2 Å². The molecule has 0 saturated carbocycles. The molecule has 0 saturated heterocycles. The number of para-hydroxylation sites is 2. The molecular weight excluding hydrogens is 552 g/mol. The monoisotopic (exact) mass is 578 g/mol. The van der Waals surface area contributed by atoms with E-state index in [2.05, 4.69) is 84.3 Å². The van der Waals surface area contributed by atoms with Gasteiger partial charge in [0, 0.05) is 43.9 Å². The summed E-state index contributed by atoms with van der Waals surface area (Å²) in [5.41, 5.74) is 9.04. The van der Waals surface area contributed by atoms with Gasteiger partial charge >= 0.3 is 0 Å². The summed E-state index contributed by atoms with van der Waals surface area (Å²) < 4.78 is 8.86. The standard InChI is InChI=1S/C40H26N4O/c1-25-29(40-42-38(26-13-5-2-6-14-26)41-39(43-40)27-15-7-3-8-16-27)21-22-35-37(25)32-23-34-31(24-36(32)45-35)30-19-11-12-20-33(30)44(34)28-17-9-4-10-18-28/h2-24H,1H3. The summed E-state index contributed by atoms with van der Waals surface area (Å²) in [7, 11) is 0. The summed E-state index contributed by atoms with van der Waals surface area (Å²) in [6.07, 6.45) is 0. The summed E-state index contributed by atoms with van der Waals surface area (Å²) in [6.45, 7) is 2.14. The molecule has 0 amide bonds. The van der Waals surface area contributed by atoms with E-state index in [1.54, 1.807) is 0 Å². The van der Waals surface area contributed by atoms with Crippen molar-refractivity contribution in [3.63, 3.8) is 0 Å². The fourth-order valence-electron chi connectivity index (χ4n) is 6.53. The number of fused-ring (bicyclic) bond motifs is 6. The van der Waals surface area contributed by atoms with Crippen molar-refractivity contribution < 1.29 is 4.42 Å². The van der Waals surface area contributed by atoms with Gasteiger partial charge in [-0.05, 0) is 55.0 Å². The second-order valence-corrected chi connectivity index (χ2v) is 11.3. The number of benzene rings is 6. The number of rotatable bonds is 4. The largest absolute Gasteiger partial charge is 0.456 e. The van der Waals surface area contributed by atoms with Gasteiger partial charge in [-0.1, -0.05) is 97.1 Å². The zero-order chi connectivity index (χ0) is 29.9. The van der Waals surface area contributed by atoms with Crippen LogP contribution in [0.3, 0.4) is 0 Å². The molecule has 9 rings (SSSR count). The summed E-state index contributed by atoms with van der Waals surface area (Å²) in [6, 6.07) is 47.8. The Hall–Kier alpha value is -6.07. The van der Waals surface area contributed by atoms with E-state index in [-0.39, 0.29) is 0 Å². The second kappa shape index (κ2) is 10.00. The number of hydrogen-bond acceptors (Lipinski definition) is 4. The van der Waals surface area contributed by atoms with Crippen LogP contribution >= 0.6 is 0 Å². The molecule has 3 aromatic heterocycles. The van der Waals surface area contributed by atoms with Gasteiger partial charge < -0.3 is 8.98 Å². The van der Waals surface area contributed by atoms with Gasteiger partial charge in [0.25, 0.3) is 0 Å². The minimum absolute atomic E-state index is 0.635. The zero-order valence-electron chi connectivity index (χ0n) is 24.5. The Balaban J connectivity index is 1.31. The molecule has 0 radical (unpaired) electrons. The Morgan fingerprint density at radius 3 is 1.78 bits per heavy atom. The summed E-state index contributed by atoms with van der Waals surface area (Å²) in [4.78, 5) is 14.9. The van der Waals surface area contributed by atoms with Gasteiger partial charge in [-0.25, -0.2) is 15.0 Å². The number of hydrogen-bond donors (Lipinski definition) is 0. The van der Waals surface area contributed by atoms with Gasteiger partial charge in [-0.2, -0.15) is 0 Å². The molecule has 6 aromatic carbocycles. The molecule has 0 atom stereocenters. The first-order chi connectivity index (χ1) is 22.2. The van der Waals surface area contributed by atoms with E-state index in [4.69, 9.17) is 19.4 Å². The van der Waals surface area contributed by atoms with Gasteiger partial charge in [-0.15, -0.1) is 0 Å². The molecule has 0 aliphatic carbocycles. The molecule has 212 valence electrons. The minimum atomic E-state index is 0.635. The molecular formula is C40H26N4O. The highest BCUT2D eigenvalue weighted by atomic mass is 16.3. The number of aryl methyl sites for hydroxylation is 1. The molecule has 3 heterocycles. The number of furan rings is 1. The highest BCUT2D eigenvalue weighted by Crippen LogP contribution is 2.41. The van der Waals surface area contributed by atoms with Crippen molar-refractivity contribution in [3.8, 4) is 39.9 Å². The smallest absolute Gasteiger partial charge is 0.164 e. The SMILES string of the molecule is Cc1c(-c2nc(-c3ccccc3)nc(-c3ccccc3)n2)ccc2oc3cc4c5ccccc5n(-c5ccccc5)c4cc3c12. The maximum atomic E-state index is 6.52. The first-order valence-electron chi connectivity index (χ1n) is 15.0. The lowest BCUT2D eigenvalue weighted by molar-refractivity contribution is 0.669. The highest BCUT2D eigenvalue weighted by molar-refractivity contribution is 6.18. The van der Waals surface area contributed by atoms with Crippen molar-refractivity contribution in [2.75, 3.05) is 0 Å². The first-order valence-corrected chi connectivity index (χ1v) is 15.0. The van der Waals surface area contributed by atoms with Crippen LogP contribution in [-0.2, 0) is 0 Å². The topological polar surface area (TPSA) is 56.7 Å². The normalized spacial score (nSPS) is 11.7. The molecule has 0 fully saturated rings. The van der Waals surface area contributed by atoms with E-state index in [1.807, 2.05) is 66.7 Å². The average molecular weight is 579 g/mol. The Labute approximate surface area is 259 Å². The van der Waals surface area contributed by atoms with E-state index in [0.717, 1.165) is 60.8 Å². The van der Waals surface area contributed by atoms with Crippen LogP contribution in [0.25, 0.3) is 83.6 Å². The van der Waals surface area contributed by atoms with Crippen molar-refractivity contribution in [2.45, 2.75) is 6.92 Å². The highest BCUT2D eigenvalue weighted by Gasteiger charge is 2.20. The van der Waals surface area contributed by atoms with E-state index in [9.17, 15) is 0 Å². The summed E-state index contributed by atoms with van der Waals surface area (Å²) >= 11 is 0. The zero-order valence-corrected chi connectivity index (χ0v) is 24.5. The Morgan fingerprint density at radius 2 is 1.09 bits per heavy atom. The molecule has 0 spiro atoms. The molecule has 5 heteroatoms. The third kappa shape index (κ3) is 4.05. The molecule has 0 aliphatic rings. The summed E-state index contributed by atoms with van der Waals surface area (Å²) in [5.74, 6) is 1.92.